The van der Waals surface area contributed by atoms with E-state index in [1.165, 1.54) is 12.1 Å². The molecule has 1 aliphatic carbocycles. The average Bonchev–Trinajstić information content (AvgIpc) is 2.99. The molecule has 128 valence electrons. The quantitative estimate of drug-likeness (QED) is 0.890. The summed E-state index contributed by atoms with van der Waals surface area (Å²) in [6.45, 7) is 3.69. The summed E-state index contributed by atoms with van der Waals surface area (Å²) in [6.07, 6.45) is 2.83. The molecule has 1 heterocycles. The molecule has 3 rings (SSSR count). The monoisotopic (exact) mass is 347 g/mol. The van der Waals surface area contributed by atoms with Crippen LogP contribution in [0, 0.1) is 11.7 Å². The van der Waals surface area contributed by atoms with Crippen LogP contribution in [0.1, 0.15) is 43.3 Å². The SMILES string of the molecule is CC(N)C(C)C(=O)NC1CCCc2nc(-c3ccc(F)cc3)sc21. The molecule has 0 saturated heterocycles. The van der Waals surface area contributed by atoms with Gasteiger partial charge in [0.1, 0.15) is 10.8 Å². The molecule has 1 aliphatic rings. The van der Waals surface area contributed by atoms with Crippen LogP contribution in [0.4, 0.5) is 4.39 Å². The molecule has 3 unspecified atom stereocenters. The van der Waals surface area contributed by atoms with Crippen LogP contribution in [-0.2, 0) is 11.2 Å². The molecule has 1 aromatic heterocycles. The van der Waals surface area contributed by atoms with Crippen LogP contribution in [0.3, 0.4) is 0 Å². The van der Waals surface area contributed by atoms with Crippen LogP contribution < -0.4 is 11.1 Å². The summed E-state index contributed by atoms with van der Waals surface area (Å²) in [5.74, 6) is -0.491. The Morgan fingerprint density at radius 1 is 1.38 bits per heavy atom. The molecule has 4 nitrogen and oxygen atoms in total. The van der Waals surface area contributed by atoms with E-state index in [2.05, 4.69) is 5.32 Å². The highest BCUT2D eigenvalue weighted by Gasteiger charge is 2.28. The second-order valence-corrected chi connectivity index (χ2v) is 7.47. The van der Waals surface area contributed by atoms with Crippen molar-refractivity contribution < 1.29 is 9.18 Å². The number of hydrogen-bond acceptors (Lipinski definition) is 4. The fraction of sp³-hybridized carbons (Fsp3) is 0.444. The lowest BCUT2D eigenvalue weighted by atomic mass is 9.96. The largest absolute Gasteiger partial charge is 0.348 e. The first-order valence-electron chi connectivity index (χ1n) is 8.27. The summed E-state index contributed by atoms with van der Waals surface area (Å²) in [6, 6.07) is 6.19. The molecule has 0 bridgehead atoms. The third kappa shape index (κ3) is 3.49. The minimum absolute atomic E-state index is 0.00542. The summed E-state index contributed by atoms with van der Waals surface area (Å²) in [4.78, 5) is 18.2. The molecule has 0 saturated carbocycles. The van der Waals surface area contributed by atoms with Crippen molar-refractivity contribution in [2.24, 2.45) is 11.7 Å². The number of aromatic nitrogens is 1. The van der Waals surface area contributed by atoms with Crippen LogP contribution in [-0.4, -0.2) is 16.9 Å². The molecule has 2 aromatic rings. The van der Waals surface area contributed by atoms with Crippen molar-refractivity contribution in [1.82, 2.24) is 10.3 Å². The smallest absolute Gasteiger partial charge is 0.224 e. The highest BCUT2D eigenvalue weighted by atomic mass is 32.1. The molecule has 1 amide bonds. The number of rotatable bonds is 4. The Hall–Kier alpha value is -1.79. The molecule has 3 atom stereocenters. The summed E-state index contributed by atoms with van der Waals surface area (Å²) in [5, 5.41) is 4.00. The molecular weight excluding hydrogens is 325 g/mol. The van der Waals surface area contributed by atoms with Crippen molar-refractivity contribution in [3.8, 4) is 10.6 Å². The van der Waals surface area contributed by atoms with E-state index in [1.54, 1.807) is 23.5 Å². The van der Waals surface area contributed by atoms with Crippen molar-refractivity contribution in [2.75, 3.05) is 0 Å². The molecule has 6 heteroatoms. The Kier molecular flexibility index (Phi) is 4.96. The van der Waals surface area contributed by atoms with E-state index in [-0.39, 0.29) is 29.7 Å². The maximum Gasteiger partial charge on any atom is 0.224 e. The lowest BCUT2D eigenvalue weighted by molar-refractivity contribution is -0.125. The maximum atomic E-state index is 13.1. The van der Waals surface area contributed by atoms with E-state index in [4.69, 9.17) is 10.7 Å². The zero-order valence-electron chi connectivity index (χ0n) is 13.9. The Morgan fingerprint density at radius 2 is 2.08 bits per heavy atom. The number of halogens is 1. The highest BCUT2D eigenvalue weighted by Crippen LogP contribution is 2.38. The van der Waals surface area contributed by atoms with Gasteiger partial charge < -0.3 is 11.1 Å². The average molecular weight is 347 g/mol. The van der Waals surface area contributed by atoms with Crippen LogP contribution in [0.25, 0.3) is 10.6 Å². The lowest BCUT2D eigenvalue weighted by Gasteiger charge is -2.25. The third-order valence-electron chi connectivity index (χ3n) is 4.56. The van der Waals surface area contributed by atoms with Crippen molar-refractivity contribution >= 4 is 17.2 Å². The van der Waals surface area contributed by atoms with Crippen molar-refractivity contribution in [3.63, 3.8) is 0 Å². The Balaban J connectivity index is 1.83. The number of amides is 1. The van der Waals surface area contributed by atoms with E-state index in [1.807, 2.05) is 13.8 Å². The van der Waals surface area contributed by atoms with E-state index in [0.717, 1.165) is 40.4 Å². The van der Waals surface area contributed by atoms with Gasteiger partial charge in [-0.1, -0.05) is 6.92 Å². The minimum Gasteiger partial charge on any atom is -0.348 e. The fourth-order valence-corrected chi connectivity index (χ4v) is 4.02. The van der Waals surface area contributed by atoms with Crippen molar-refractivity contribution in [2.45, 2.75) is 45.2 Å². The van der Waals surface area contributed by atoms with Gasteiger partial charge in [-0.15, -0.1) is 11.3 Å². The zero-order chi connectivity index (χ0) is 17.3. The summed E-state index contributed by atoms with van der Waals surface area (Å²) in [5.41, 5.74) is 7.78. The molecule has 1 aromatic carbocycles. The van der Waals surface area contributed by atoms with E-state index < -0.39 is 0 Å². The molecule has 24 heavy (non-hydrogen) atoms. The number of nitrogens with zero attached hydrogens (tertiary/aromatic N) is 1. The fourth-order valence-electron chi connectivity index (χ4n) is 2.82. The molecule has 0 fully saturated rings. The van der Waals surface area contributed by atoms with Gasteiger partial charge in [0, 0.05) is 17.5 Å². The number of carbonyl (C=O) groups excluding carboxylic acids is 1. The zero-order valence-corrected chi connectivity index (χ0v) is 14.7. The van der Waals surface area contributed by atoms with Gasteiger partial charge in [0.25, 0.3) is 0 Å². The van der Waals surface area contributed by atoms with Gasteiger partial charge in [-0.2, -0.15) is 0 Å². The van der Waals surface area contributed by atoms with E-state index in [0.29, 0.717) is 0 Å². The van der Waals surface area contributed by atoms with Crippen LogP contribution in [0.15, 0.2) is 24.3 Å². The Labute approximate surface area is 145 Å². The van der Waals surface area contributed by atoms with Gasteiger partial charge in [-0.25, -0.2) is 9.37 Å². The number of fused-ring (bicyclic) bond motifs is 1. The number of nitrogens with two attached hydrogens (primary N) is 1. The minimum atomic E-state index is -0.255. The number of benzene rings is 1. The topological polar surface area (TPSA) is 68.0 Å². The first-order valence-corrected chi connectivity index (χ1v) is 9.09. The van der Waals surface area contributed by atoms with Gasteiger partial charge in [0.15, 0.2) is 0 Å². The summed E-state index contributed by atoms with van der Waals surface area (Å²) >= 11 is 1.58. The molecule has 0 spiro atoms. The number of carbonyl (C=O) groups is 1. The Bertz CT molecular complexity index is 726. The Morgan fingerprint density at radius 3 is 2.75 bits per heavy atom. The van der Waals surface area contributed by atoms with Crippen molar-refractivity contribution in [3.05, 3.63) is 40.7 Å². The third-order valence-corrected chi connectivity index (χ3v) is 5.82. The molecule has 0 radical (unpaired) electrons. The van der Waals surface area contributed by atoms with Gasteiger partial charge in [0.2, 0.25) is 5.91 Å². The normalized spacial score (nSPS) is 19.4. The number of aryl methyl sites for hydroxylation is 1. The van der Waals surface area contributed by atoms with Gasteiger partial charge in [-0.3, -0.25) is 4.79 Å². The standard InChI is InChI=1S/C18H22FN3OS/c1-10(11(2)20)17(23)21-14-4-3-5-15-16(14)24-18(22-15)12-6-8-13(19)9-7-12/h6-11,14H,3-5,20H2,1-2H3,(H,21,23). The van der Waals surface area contributed by atoms with Gasteiger partial charge >= 0.3 is 0 Å². The second kappa shape index (κ2) is 6.99. The number of thiazole rings is 1. The predicted molar refractivity (Wildman–Crippen MR) is 94.1 cm³/mol. The van der Waals surface area contributed by atoms with Crippen LogP contribution >= 0.6 is 11.3 Å². The number of hydrogen-bond donors (Lipinski definition) is 2. The molecule has 3 N–H and O–H groups in total. The first kappa shape index (κ1) is 17.0. The van der Waals surface area contributed by atoms with E-state index >= 15 is 0 Å². The summed E-state index contributed by atoms with van der Waals surface area (Å²) < 4.78 is 13.1. The van der Waals surface area contributed by atoms with E-state index in [9.17, 15) is 9.18 Å². The number of nitrogens with one attached hydrogen (secondary N) is 1. The summed E-state index contributed by atoms with van der Waals surface area (Å²) in [7, 11) is 0. The van der Waals surface area contributed by atoms with Gasteiger partial charge in [0.05, 0.1) is 16.6 Å². The van der Waals surface area contributed by atoms with Crippen molar-refractivity contribution in [1.29, 1.82) is 0 Å². The first-order chi connectivity index (χ1) is 11.5. The highest BCUT2D eigenvalue weighted by molar-refractivity contribution is 7.15. The predicted octanol–water partition coefficient (Wildman–Crippen LogP) is 3.43. The second-order valence-electron chi connectivity index (χ2n) is 6.44. The van der Waals surface area contributed by atoms with Crippen LogP contribution in [0.5, 0.6) is 0 Å². The van der Waals surface area contributed by atoms with Crippen LogP contribution in [0.2, 0.25) is 0 Å². The lowest BCUT2D eigenvalue weighted by Crippen LogP contribution is -2.40. The molecule has 0 aliphatic heterocycles. The molecular formula is C18H22FN3OS. The van der Waals surface area contributed by atoms with Gasteiger partial charge in [-0.05, 0) is 50.5 Å². The maximum absolute atomic E-state index is 13.1.